The monoisotopic (exact) mass is 257 g/mol. The van der Waals surface area contributed by atoms with Crippen LogP contribution in [0.25, 0.3) is 0 Å². The van der Waals surface area contributed by atoms with Gasteiger partial charge in [0.25, 0.3) is 0 Å². The summed E-state index contributed by atoms with van der Waals surface area (Å²) in [4.78, 5) is 0. The number of halogens is 1. The Hall–Kier alpha value is -0.510. The smallest absolute Gasteiger partial charge is 0.144 e. The lowest BCUT2D eigenvalue weighted by Gasteiger charge is -2.17. The third-order valence-corrected chi connectivity index (χ3v) is 3.62. The predicted octanol–water partition coefficient (Wildman–Crippen LogP) is 3.53. The van der Waals surface area contributed by atoms with E-state index in [2.05, 4.69) is 4.40 Å². The minimum absolute atomic E-state index is 0.323. The summed E-state index contributed by atoms with van der Waals surface area (Å²) in [6.07, 6.45) is 1.65. The van der Waals surface area contributed by atoms with E-state index in [9.17, 15) is 4.55 Å². The molecule has 88 valence electrons. The van der Waals surface area contributed by atoms with Crippen LogP contribution in [0.3, 0.4) is 0 Å². The Morgan fingerprint density at radius 1 is 1.38 bits per heavy atom. The third-order valence-electron chi connectivity index (χ3n) is 2.04. The number of benzene rings is 1. The van der Waals surface area contributed by atoms with Crippen molar-refractivity contribution in [3.05, 3.63) is 34.3 Å². The molecule has 1 unspecified atom stereocenters. The minimum Gasteiger partial charge on any atom is -0.591 e. The topological polar surface area (TPSA) is 35.4 Å². The fourth-order valence-corrected chi connectivity index (χ4v) is 1.80. The van der Waals surface area contributed by atoms with Crippen molar-refractivity contribution in [3.8, 4) is 0 Å². The lowest BCUT2D eigenvalue weighted by atomic mass is 10.1. The highest BCUT2D eigenvalue weighted by molar-refractivity contribution is 7.91. The zero-order chi connectivity index (χ0) is 12.3. The van der Waals surface area contributed by atoms with Crippen LogP contribution in [0, 0.1) is 6.92 Å². The Labute approximate surface area is 105 Å². The zero-order valence-electron chi connectivity index (χ0n) is 9.95. The van der Waals surface area contributed by atoms with Gasteiger partial charge in [-0.05, 0) is 45.4 Å². The summed E-state index contributed by atoms with van der Waals surface area (Å²) >= 11 is 4.63. The van der Waals surface area contributed by atoms with Gasteiger partial charge < -0.3 is 4.55 Å². The van der Waals surface area contributed by atoms with E-state index in [0.717, 1.165) is 11.1 Å². The van der Waals surface area contributed by atoms with Gasteiger partial charge in [0.05, 0.1) is 6.21 Å². The van der Waals surface area contributed by atoms with Crippen molar-refractivity contribution < 1.29 is 4.55 Å². The summed E-state index contributed by atoms with van der Waals surface area (Å²) in [5.74, 6) is 0. The highest BCUT2D eigenvalue weighted by atomic mass is 35.5. The number of nitrogens with zero attached hydrogens (tertiary/aromatic N) is 1. The molecule has 0 N–H and O–H groups in total. The molecule has 0 aliphatic heterocycles. The molecule has 0 bridgehead atoms. The largest absolute Gasteiger partial charge is 0.591 e. The Kier molecular flexibility index (Phi) is 4.42. The van der Waals surface area contributed by atoms with E-state index in [4.69, 9.17) is 11.6 Å². The number of hydrogen-bond acceptors (Lipinski definition) is 2. The van der Waals surface area contributed by atoms with Crippen molar-refractivity contribution in [3.63, 3.8) is 0 Å². The van der Waals surface area contributed by atoms with Crippen molar-refractivity contribution in [1.29, 1.82) is 0 Å². The maximum atomic E-state index is 11.7. The molecule has 1 aromatic carbocycles. The molecule has 0 aliphatic rings. The van der Waals surface area contributed by atoms with Crippen LogP contribution in [0.15, 0.2) is 22.6 Å². The van der Waals surface area contributed by atoms with E-state index in [1.807, 2.05) is 39.8 Å². The van der Waals surface area contributed by atoms with Gasteiger partial charge in [-0.25, -0.2) is 0 Å². The summed E-state index contributed by atoms with van der Waals surface area (Å²) in [5.41, 5.74) is 1.98. The molecule has 4 heteroatoms. The van der Waals surface area contributed by atoms with Gasteiger partial charge in [0, 0.05) is 10.6 Å². The molecule has 1 atom stereocenters. The SMILES string of the molecule is Cc1cc(Cl)ccc1/C=N/[S+]([O-])C(C)(C)C. The van der Waals surface area contributed by atoms with Gasteiger partial charge >= 0.3 is 0 Å². The second-order valence-corrected chi connectivity index (χ2v) is 6.97. The third kappa shape index (κ3) is 3.81. The number of rotatable bonds is 2. The van der Waals surface area contributed by atoms with Crippen LogP contribution in [0.5, 0.6) is 0 Å². The van der Waals surface area contributed by atoms with Gasteiger partial charge in [-0.3, -0.25) is 0 Å². The van der Waals surface area contributed by atoms with Crippen molar-refractivity contribution >= 4 is 29.2 Å². The van der Waals surface area contributed by atoms with Crippen LogP contribution < -0.4 is 0 Å². The first-order valence-corrected chi connectivity index (χ1v) is 6.51. The summed E-state index contributed by atoms with van der Waals surface area (Å²) in [5, 5.41) is 0.701. The van der Waals surface area contributed by atoms with E-state index in [1.165, 1.54) is 0 Å². The summed E-state index contributed by atoms with van der Waals surface area (Å²) in [7, 11) is 0. The van der Waals surface area contributed by atoms with Gasteiger partial charge in [0.1, 0.15) is 16.1 Å². The lowest BCUT2D eigenvalue weighted by molar-refractivity contribution is 0.562. The Morgan fingerprint density at radius 3 is 2.50 bits per heavy atom. The number of aryl methyl sites for hydroxylation is 1. The normalized spacial score (nSPS) is 14.4. The van der Waals surface area contributed by atoms with Gasteiger partial charge in [0.15, 0.2) is 0 Å². The van der Waals surface area contributed by atoms with Crippen molar-refractivity contribution in [2.24, 2.45) is 4.40 Å². The molecule has 1 rings (SSSR count). The van der Waals surface area contributed by atoms with Crippen LogP contribution in [0.4, 0.5) is 0 Å². The molecule has 0 amide bonds. The first kappa shape index (κ1) is 13.6. The number of hydrogen-bond donors (Lipinski definition) is 0. The first-order valence-electron chi connectivity index (χ1n) is 5.03. The highest BCUT2D eigenvalue weighted by Gasteiger charge is 2.25. The second-order valence-electron chi connectivity index (χ2n) is 4.60. The van der Waals surface area contributed by atoms with Gasteiger partial charge in [-0.2, -0.15) is 0 Å². The van der Waals surface area contributed by atoms with Crippen molar-refractivity contribution in [1.82, 2.24) is 0 Å². The maximum Gasteiger partial charge on any atom is 0.144 e. The molecule has 0 radical (unpaired) electrons. The van der Waals surface area contributed by atoms with Crippen LogP contribution >= 0.6 is 11.6 Å². The van der Waals surface area contributed by atoms with E-state index >= 15 is 0 Å². The van der Waals surface area contributed by atoms with E-state index < -0.39 is 11.4 Å². The highest BCUT2D eigenvalue weighted by Crippen LogP contribution is 2.18. The van der Waals surface area contributed by atoms with Crippen molar-refractivity contribution in [2.45, 2.75) is 32.4 Å². The Bertz CT molecular complexity index is 398. The van der Waals surface area contributed by atoms with Crippen LogP contribution in [-0.2, 0) is 11.4 Å². The van der Waals surface area contributed by atoms with Crippen LogP contribution in [0.1, 0.15) is 31.9 Å². The Morgan fingerprint density at radius 2 is 2.00 bits per heavy atom. The molecular formula is C12H16ClNOS. The average Bonchev–Trinajstić information content (AvgIpc) is 2.14. The van der Waals surface area contributed by atoms with E-state index in [-0.39, 0.29) is 4.75 Å². The van der Waals surface area contributed by atoms with Gasteiger partial charge in [0.2, 0.25) is 0 Å². The first-order chi connectivity index (χ1) is 7.30. The maximum absolute atomic E-state index is 11.7. The van der Waals surface area contributed by atoms with Gasteiger partial charge in [-0.15, -0.1) is 0 Å². The molecule has 0 aliphatic carbocycles. The molecule has 0 fully saturated rings. The molecule has 0 saturated carbocycles. The predicted molar refractivity (Wildman–Crippen MR) is 71.7 cm³/mol. The second kappa shape index (κ2) is 5.21. The molecule has 2 nitrogen and oxygen atoms in total. The summed E-state index contributed by atoms with van der Waals surface area (Å²) < 4.78 is 15.4. The van der Waals surface area contributed by atoms with Crippen molar-refractivity contribution in [2.75, 3.05) is 0 Å². The minimum atomic E-state index is -1.21. The fraction of sp³-hybridized carbons (Fsp3) is 0.417. The molecule has 1 aromatic rings. The standard InChI is InChI=1S/C12H16ClNOS/c1-9-7-11(13)6-5-10(9)8-14-16(15)12(2,3)4/h5-8H,1-4H3/b14-8+. The zero-order valence-corrected chi connectivity index (χ0v) is 11.5. The van der Waals surface area contributed by atoms with Crippen LogP contribution in [0.2, 0.25) is 5.02 Å². The molecular weight excluding hydrogens is 242 g/mol. The lowest BCUT2D eigenvalue weighted by Crippen LogP contribution is -2.25. The quantitative estimate of drug-likeness (QED) is 0.590. The average molecular weight is 258 g/mol. The molecule has 0 heterocycles. The summed E-state index contributed by atoms with van der Waals surface area (Å²) in [6, 6.07) is 5.54. The van der Waals surface area contributed by atoms with E-state index in [1.54, 1.807) is 12.3 Å². The van der Waals surface area contributed by atoms with E-state index in [0.29, 0.717) is 5.02 Å². The Balaban J connectivity index is 2.85. The molecule has 0 saturated heterocycles. The summed E-state index contributed by atoms with van der Waals surface area (Å²) in [6.45, 7) is 7.65. The van der Waals surface area contributed by atoms with Crippen LogP contribution in [-0.4, -0.2) is 15.5 Å². The molecule has 16 heavy (non-hydrogen) atoms. The molecule has 0 aromatic heterocycles. The van der Waals surface area contributed by atoms with Gasteiger partial charge in [-0.1, -0.05) is 22.1 Å². The fourth-order valence-electron chi connectivity index (χ4n) is 1.05. The molecule has 0 spiro atoms.